The van der Waals surface area contributed by atoms with Crippen LogP contribution in [0.5, 0.6) is 0 Å². The maximum Gasteiger partial charge on any atom is 0.412 e. The maximum atomic E-state index is 15.1. The Morgan fingerprint density at radius 3 is 2.11 bits per heavy atom. The predicted molar refractivity (Wildman–Crippen MR) is 134 cm³/mol. The van der Waals surface area contributed by atoms with Gasteiger partial charge in [-0.3, -0.25) is 0 Å². The molecule has 4 rings (SSSR count). The largest absolute Gasteiger partial charge is 0.412 e. The zero-order valence-corrected chi connectivity index (χ0v) is 21.9. The Labute approximate surface area is 218 Å². The van der Waals surface area contributed by atoms with Crippen LogP contribution in [0.2, 0.25) is 0 Å². The van der Waals surface area contributed by atoms with Gasteiger partial charge in [0.2, 0.25) is 0 Å². The van der Waals surface area contributed by atoms with E-state index < -0.39 is 24.2 Å². The molecule has 0 unspecified atom stereocenters. The van der Waals surface area contributed by atoms with Gasteiger partial charge in [-0.05, 0) is 87.2 Å². The van der Waals surface area contributed by atoms with Crippen LogP contribution in [-0.2, 0) is 9.47 Å². The number of rotatable bonds is 8. The highest BCUT2D eigenvalue weighted by Crippen LogP contribution is 2.46. The number of unbranched alkanes of at least 4 members (excludes halogenated alkanes) is 2. The lowest BCUT2D eigenvalue weighted by Crippen LogP contribution is -2.27. The van der Waals surface area contributed by atoms with Gasteiger partial charge < -0.3 is 9.47 Å². The van der Waals surface area contributed by atoms with Gasteiger partial charge in [0.25, 0.3) is 0 Å². The van der Waals surface area contributed by atoms with E-state index in [1.165, 1.54) is 19.3 Å². The Balaban J connectivity index is 1.23. The van der Waals surface area contributed by atoms with Crippen molar-refractivity contribution in [2.75, 3.05) is 13.2 Å². The molecule has 3 fully saturated rings. The Bertz CT molecular complexity index is 874. The molecule has 0 N–H and O–H groups in total. The highest BCUT2D eigenvalue weighted by atomic mass is 19.4. The molecule has 2 saturated carbocycles. The zero-order valence-electron chi connectivity index (χ0n) is 21.9. The van der Waals surface area contributed by atoms with E-state index in [0.717, 1.165) is 56.1 Å². The SMILES string of the molecule is CCCCCC1COC(c2ccc(C3CCC(C4CCC(C(F)=CC(F)(F)F)CC4)CC3)c(F)c2)OC1. The standard InChI is InChI=1S/C30H41F5O2/c1-2-3-4-5-20-18-36-29(37-19-20)25-14-15-26(27(31)16-25)23-10-6-21(7-11-23)22-8-12-24(13-9-22)28(32)17-30(33,34)35/h14-17,20-24,29H,2-13,18-19H2,1H3. The second-order valence-corrected chi connectivity index (χ2v) is 11.4. The maximum absolute atomic E-state index is 15.1. The number of ether oxygens (including phenoxy) is 2. The topological polar surface area (TPSA) is 18.5 Å². The fourth-order valence-electron chi connectivity index (χ4n) is 6.65. The lowest BCUT2D eigenvalue weighted by atomic mass is 9.68. The lowest BCUT2D eigenvalue weighted by molar-refractivity contribution is -0.206. The monoisotopic (exact) mass is 528 g/mol. The van der Waals surface area contributed by atoms with Gasteiger partial charge in [0, 0.05) is 17.4 Å². The summed E-state index contributed by atoms with van der Waals surface area (Å²) in [5.74, 6) is -0.337. The third-order valence-corrected chi connectivity index (χ3v) is 8.82. The molecule has 1 saturated heterocycles. The number of benzene rings is 1. The van der Waals surface area contributed by atoms with Crippen LogP contribution in [-0.4, -0.2) is 19.4 Å². The first-order valence-electron chi connectivity index (χ1n) is 14.2. The molecule has 0 bridgehead atoms. The van der Waals surface area contributed by atoms with E-state index in [1.807, 2.05) is 12.1 Å². The number of allylic oxidation sites excluding steroid dienone is 2. The van der Waals surface area contributed by atoms with E-state index in [9.17, 15) is 17.6 Å². The van der Waals surface area contributed by atoms with E-state index in [-0.39, 0.29) is 17.8 Å². The molecule has 1 aromatic rings. The van der Waals surface area contributed by atoms with Gasteiger partial charge in [0.05, 0.1) is 19.3 Å². The minimum Gasteiger partial charge on any atom is -0.348 e. The van der Waals surface area contributed by atoms with Crippen molar-refractivity contribution in [2.45, 2.75) is 102 Å². The van der Waals surface area contributed by atoms with Crippen molar-refractivity contribution in [3.05, 3.63) is 47.0 Å². The fraction of sp³-hybridized carbons (Fsp3) is 0.733. The van der Waals surface area contributed by atoms with Crippen LogP contribution in [0, 0.1) is 29.5 Å². The summed E-state index contributed by atoms with van der Waals surface area (Å²) in [7, 11) is 0. The van der Waals surface area contributed by atoms with Crippen molar-refractivity contribution in [2.24, 2.45) is 23.7 Å². The van der Waals surface area contributed by atoms with Gasteiger partial charge in [-0.1, -0.05) is 38.3 Å². The Hall–Kier alpha value is -1.47. The minimum absolute atomic E-state index is 0.171. The number of alkyl halides is 3. The smallest absolute Gasteiger partial charge is 0.348 e. The van der Waals surface area contributed by atoms with Crippen molar-refractivity contribution >= 4 is 0 Å². The van der Waals surface area contributed by atoms with Crippen LogP contribution in [0.15, 0.2) is 30.1 Å². The average molecular weight is 529 g/mol. The van der Waals surface area contributed by atoms with Gasteiger partial charge >= 0.3 is 6.18 Å². The number of hydrogen-bond acceptors (Lipinski definition) is 2. The predicted octanol–water partition coefficient (Wildman–Crippen LogP) is 9.56. The van der Waals surface area contributed by atoms with Gasteiger partial charge in [0.1, 0.15) is 11.6 Å². The molecule has 0 spiro atoms. The van der Waals surface area contributed by atoms with E-state index in [1.54, 1.807) is 6.07 Å². The molecule has 2 aliphatic carbocycles. The van der Waals surface area contributed by atoms with Gasteiger partial charge in [-0.15, -0.1) is 0 Å². The molecule has 0 atom stereocenters. The highest BCUT2D eigenvalue weighted by molar-refractivity contribution is 5.28. The highest BCUT2D eigenvalue weighted by Gasteiger charge is 2.35. The van der Waals surface area contributed by atoms with Crippen molar-refractivity contribution in [1.82, 2.24) is 0 Å². The Kier molecular flexibility index (Phi) is 10.1. The second kappa shape index (κ2) is 13.1. The van der Waals surface area contributed by atoms with Crippen LogP contribution >= 0.6 is 0 Å². The lowest BCUT2D eigenvalue weighted by Gasteiger charge is -2.38. The molecule has 0 radical (unpaired) electrons. The van der Waals surface area contributed by atoms with Crippen molar-refractivity contribution in [3.8, 4) is 0 Å². The van der Waals surface area contributed by atoms with Crippen LogP contribution in [0.3, 0.4) is 0 Å². The molecule has 7 heteroatoms. The van der Waals surface area contributed by atoms with Crippen LogP contribution in [0.25, 0.3) is 0 Å². The Morgan fingerprint density at radius 2 is 1.54 bits per heavy atom. The molecule has 1 heterocycles. The van der Waals surface area contributed by atoms with Crippen LogP contribution < -0.4 is 0 Å². The fourth-order valence-corrected chi connectivity index (χ4v) is 6.65. The molecular formula is C30H41F5O2. The molecule has 3 aliphatic rings. The number of hydrogen-bond donors (Lipinski definition) is 0. The normalized spacial score (nSPS) is 31.9. The zero-order chi connectivity index (χ0) is 26.4. The van der Waals surface area contributed by atoms with E-state index in [2.05, 4.69) is 6.92 Å². The van der Waals surface area contributed by atoms with Crippen molar-refractivity contribution in [3.63, 3.8) is 0 Å². The third-order valence-electron chi connectivity index (χ3n) is 8.82. The molecule has 0 aromatic heterocycles. The summed E-state index contributed by atoms with van der Waals surface area (Å²) in [4.78, 5) is 0. The van der Waals surface area contributed by atoms with Gasteiger partial charge in [-0.25, -0.2) is 8.78 Å². The molecule has 2 nitrogen and oxygen atoms in total. The Morgan fingerprint density at radius 1 is 0.919 bits per heavy atom. The molecule has 208 valence electrons. The van der Waals surface area contributed by atoms with Crippen molar-refractivity contribution < 1.29 is 31.4 Å². The molecule has 1 aliphatic heterocycles. The van der Waals surface area contributed by atoms with Crippen LogP contribution in [0.4, 0.5) is 22.0 Å². The summed E-state index contributed by atoms with van der Waals surface area (Å²) < 4.78 is 78.2. The summed E-state index contributed by atoms with van der Waals surface area (Å²) in [6, 6.07) is 5.38. The van der Waals surface area contributed by atoms with Gasteiger partial charge in [0.15, 0.2) is 6.29 Å². The van der Waals surface area contributed by atoms with Crippen LogP contribution in [0.1, 0.15) is 107 Å². The summed E-state index contributed by atoms with van der Waals surface area (Å²) >= 11 is 0. The summed E-state index contributed by atoms with van der Waals surface area (Å²) in [5.41, 5.74) is 1.48. The molecule has 1 aromatic carbocycles. The first-order valence-corrected chi connectivity index (χ1v) is 14.2. The molecule has 0 amide bonds. The summed E-state index contributed by atoms with van der Waals surface area (Å²) in [6.07, 6.45) is 5.67. The van der Waals surface area contributed by atoms with Crippen molar-refractivity contribution in [1.29, 1.82) is 0 Å². The minimum atomic E-state index is -4.60. The molecular weight excluding hydrogens is 487 g/mol. The average Bonchev–Trinajstić information content (AvgIpc) is 2.88. The number of halogens is 5. The van der Waals surface area contributed by atoms with E-state index in [0.29, 0.717) is 43.8 Å². The summed E-state index contributed by atoms with van der Waals surface area (Å²) in [5, 5.41) is 0. The van der Waals surface area contributed by atoms with Gasteiger partial charge in [-0.2, -0.15) is 13.2 Å². The first-order chi connectivity index (χ1) is 17.7. The van der Waals surface area contributed by atoms with E-state index in [4.69, 9.17) is 9.47 Å². The second-order valence-electron chi connectivity index (χ2n) is 11.4. The first kappa shape index (κ1) is 28.5. The van der Waals surface area contributed by atoms with E-state index >= 15 is 4.39 Å². The molecule has 37 heavy (non-hydrogen) atoms. The third kappa shape index (κ3) is 8.01. The summed E-state index contributed by atoms with van der Waals surface area (Å²) in [6.45, 7) is 3.48. The quantitative estimate of drug-likeness (QED) is 0.247.